The molecule has 3 aromatic rings. The van der Waals surface area contributed by atoms with Gasteiger partial charge in [0.05, 0.1) is 11.5 Å². The number of nitrogens with zero attached hydrogens (tertiary/aromatic N) is 1. The molecule has 1 fully saturated rings. The van der Waals surface area contributed by atoms with Crippen LogP contribution >= 0.6 is 22.9 Å². The van der Waals surface area contributed by atoms with Crippen molar-refractivity contribution in [3.05, 3.63) is 70.6 Å². The zero-order valence-corrected chi connectivity index (χ0v) is 20.8. The van der Waals surface area contributed by atoms with Crippen molar-refractivity contribution < 1.29 is 22.7 Å². The molecule has 1 aliphatic heterocycles. The molecule has 4 rings (SSSR count). The molecule has 0 radical (unpaired) electrons. The number of amides is 1. The van der Waals surface area contributed by atoms with Crippen molar-refractivity contribution in [2.45, 2.75) is 30.7 Å². The monoisotopic (exact) mass is 518 g/mol. The summed E-state index contributed by atoms with van der Waals surface area (Å²) in [4.78, 5) is 26.1. The number of carbonyl (C=O) groups excluding carboxylic acids is 2. The molecule has 1 N–H and O–H groups in total. The standard InChI is InChI=1S/C24H23ClN2O5S2/c1-2-32-24(29)21-19(16-7-4-3-5-8-16)15-33-23(21)26-22(28)20-9-6-14-27(20)34(30,31)18-12-10-17(25)11-13-18/h3-5,7-8,10-13,15,20H,2,6,9,14H2,1H3,(H,26,28)/t20-/m0/s1. The van der Waals surface area contributed by atoms with Crippen LogP contribution in [0.2, 0.25) is 5.02 Å². The highest BCUT2D eigenvalue weighted by Crippen LogP contribution is 2.37. The van der Waals surface area contributed by atoms with E-state index < -0.39 is 27.9 Å². The fraction of sp³-hybridized carbons (Fsp3) is 0.250. The van der Waals surface area contributed by atoms with E-state index in [1.54, 1.807) is 12.3 Å². The van der Waals surface area contributed by atoms with Gasteiger partial charge in [-0.05, 0) is 49.6 Å². The highest BCUT2D eigenvalue weighted by atomic mass is 35.5. The molecule has 7 nitrogen and oxygen atoms in total. The van der Waals surface area contributed by atoms with E-state index in [4.69, 9.17) is 16.3 Å². The van der Waals surface area contributed by atoms with E-state index in [9.17, 15) is 18.0 Å². The minimum absolute atomic E-state index is 0.0753. The predicted molar refractivity (Wildman–Crippen MR) is 133 cm³/mol. The Bertz CT molecular complexity index is 1290. The minimum atomic E-state index is -3.89. The Morgan fingerprint density at radius 2 is 1.85 bits per heavy atom. The summed E-state index contributed by atoms with van der Waals surface area (Å²) in [7, 11) is -3.89. The molecule has 2 aromatic carbocycles. The molecule has 1 amide bonds. The Kier molecular flexibility index (Phi) is 7.37. The van der Waals surface area contributed by atoms with Crippen LogP contribution < -0.4 is 5.32 Å². The average molecular weight is 519 g/mol. The molecule has 1 aliphatic rings. The summed E-state index contributed by atoms with van der Waals surface area (Å²) in [5.74, 6) is -1.03. The van der Waals surface area contributed by atoms with Gasteiger partial charge in [0.25, 0.3) is 0 Å². The lowest BCUT2D eigenvalue weighted by Gasteiger charge is -2.23. The maximum Gasteiger partial charge on any atom is 0.341 e. The second-order valence-electron chi connectivity index (χ2n) is 7.66. The molecule has 1 atom stereocenters. The number of sulfonamides is 1. The van der Waals surface area contributed by atoms with Gasteiger partial charge in [-0.3, -0.25) is 4.79 Å². The maximum atomic E-state index is 13.3. The largest absolute Gasteiger partial charge is 0.462 e. The molecule has 34 heavy (non-hydrogen) atoms. The number of carbonyl (C=O) groups is 2. The van der Waals surface area contributed by atoms with Crippen LogP contribution in [0.15, 0.2) is 64.9 Å². The van der Waals surface area contributed by atoms with Gasteiger partial charge < -0.3 is 10.1 Å². The first-order valence-corrected chi connectivity index (χ1v) is 13.4. The van der Waals surface area contributed by atoms with Crippen molar-refractivity contribution in [2.24, 2.45) is 0 Å². The maximum absolute atomic E-state index is 13.3. The number of ether oxygens (including phenoxy) is 1. The van der Waals surface area contributed by atoms with Crippen LogP contribution in [0.3, 0.4) is 0 Å². The van der Waals surface area contributed by atoms with E-state index in [2.05, 4.69) is 5.32 Å². The van der Waals surface area contributed by atoms with Gasteiger partial charge in [0.1, 0.15) is 16.6 Å². The summed E-state index contributed by atoms with van der Waals surface area (Å²) in [6, 6.07) is 14.3. The molecule has 2 heterocycles. The van der Waals surface area contributed by atoms with Gasteiger partial charge in [-0.15, -0.1) is 11.3 Å². The summed E-state index contributed by atoms with van der Waals surface area (Å²) < 4.78 is 32.8. The van der Waals surface area contributed by atoms with Gasteiger partial charge in [-0.1, -0.05) is 41.9 Å². The third-order valence-electron chi connectivity index (χ3n) is 5.52. The summed E-state index contributed by atoms with van der Waals surface area (Å²) >= 11 is 7.09. The highest BCUT2D eigenvalue weighted by Gasteiger charge is 2.40. The summed E-state index contributed by atoms with van der Waals surface area (Å²) in [5, 5.41) is 5.34. The topological polar surface area (TPSA) is 92.8 Å². The zero-order valence-electron chi connectivity index (χ0n) is 18.4. The van der Waals surface area contributed by atoms with E-state index in [1.807, 2.05) is 30.3 Å². The number of hydrogen-bond donors (Lipinski definition) is 1. The van der Waals surface area contributed by atoms with Crippen LogP contribution in [0.4, 0.5) is 5.00 Å². The predicted octanol–water partition coefficient (Wildman–Crippen LogP) is 5.04. The molecular weight excluding hydrogens is 496 g/mol. The molecule has 1 aromatic heterocycles. The summed E-state index contributed by atoms with van der Waals surface area (Å²) in [5.41, 5.74) is 1.73. The second kappa shape index (κ2) is 10.3. The Balaban J connectivity index is 1.62. The Morgan fingerprint density at radius 1 is 1.15 bits per heavy atom. The Labute approximate surface area is 207 Å². The number of esters is 1. The van der Waals surface area contributed by atoms with Gasteiger partial charge in [0.15, 0.2) is 0 Å². The number of rotatable bonds is 7. The van der Waals surface area contributed by atoms with Gasteiger partial charge in [0.2, 0.25) is 15.9 Å². The van der Waals surface area contributed by atoms with Crippen LogP contribution in [0.5, 0.6) is 0 Å². The number of halogens is 1. The lowest BCUT2D eigenvalue weighted by atomic mass is 10.0. The first-order chi connectivity index (χ1) is 16.3. The van der Waals surface area contributed by atoms with Crippen molar-refractivity contribution in [3.63, 3.8) is 0 Å². The lowest BCUT2D eigenvalue weighted by Crippen LogP contribution is -2.43. The first-order valence-electron chi connectivity index (χ1n) is 10.7. The first kappa shape index (κ1) is 24.4. The van der Waals surface area contributed by atoms with Crippen LogP contribution in [-0.4, -0.2) is 43.8 Å². The molecule has 0 spiro atoms. The van der Waals surface area contributed by atoms with Crippen molar-refractivity contribution in [3.8, 4) is 11.1 Å². The van der Waals surface area contributed by atoms with E-state index in [0.29, 0.717) is 28.4 Å². The number of anilines is 1. The van der Waals surface area contributed by atoms with Gasteiger partial charge in [0, 0.05) is 22.5 Å². The second-order valence-corrected chi connectivity index (χ2v) is 10.9. The summed E-state index contributed by atoms with van der Waals surface area (Å²) in [6.45, 7) is 2.13. The number of hydrogen-bond acceptors (Lipinski definition) is 6. The van der Waals surface area contributed by atoms with Crippen molar-refractivity contribution in [1.82, 2.24) is 4.31 Å². The molecule has 0 aliphatic carbocycles. The van der Waals surface area contributed by atoms with Crippen LogP contribution in [0.1, 0.15) is 30.1 Å². The van der Waals surface area contributed by atoms with Crippen LogP contribution in [-0.2, 0) is 19.6 Å². The number of benzene rings is 2. The Morgan fingerprint density at radius 3 is 2.53 bits per heavy atom. The number of nitrogens with one attached hydrogen (secondary N) is 1. The fourth-order valence-electron chi connectivity index (χ4n) is 3.91. The zero-order chi connectivity index (χ0) is 24.3. The third kappa shape index (κ3) is 4.88. The quantitative estimate of drug-likeness (QED) is 0.442. The highest BCUT2D eigenvalue weighted by molar-refractivity contribution is 7.89. The van der Waals surface area contributed by atoms with Crippen LogP contribution in [0, 0.1) is 0 Å². The molecule has 0 unspecified atom stereocenters. The van der Waals surface area contributed by atoms with E-state index in [0.717, 1.165) is 5.56 Å². The molecule has 0 bridgehead atoms. The molecular formula is C24H23ClN2O5S2. The van der Waals surface area contributed by atoms with Crippen molar-refractivity contribution >= 4 is 49.8 Å². The van der Waals surface area contributed by atoms with E-state index in [1.165, 1.54) is 39.9 Å². The lowest BCUT2D eigenvalue weighted by molar-refractivity contribution is -0.119. The number of thiophene rings is 1. The van der Waals surface area contributed by atoms with E-state index in [-0.39, 0.29) is 23.6 Å². The van der Waals surface area contributed by atoms with Gasteiger partial charge in [-0.2, -0.15) is 4.31 Å². The van der Waals surface area contributed by atoms with Gasteiger partial charge in [-0.25, -0.2) is 13.2 Å². The molecule has 178 valence electrons. The Hall–Kier alpha value is -2.72. The van der Waals surface area contributed by atoms with Crippen molar-refractivity contribution in [2.75, 3.05) is 18.5 Å². The molecule has 1 saturated heterocycles. The van der Waals surface area contributed by atoms with Gasteiger partial charge >= 0.3 is 5.97 Å². The smallest absolute Gasteiger partial charge is 0.341 e. The third-order valence-corrected chi connectivity index (χ3v) is 8.59. The molecule has 10 heteroatoms. The average Bonchev–Trinajstić information content (AvgIpc) is 3.48. The minimum Gasteiger partial charge on any atom is -0.462 e. The summed E-state index contributed by atoms with van der Waals surface area (Å²) in [6.07, 6.45) is 0.930. The normalized spacial score (nSPS) is 16.4. The SMILES string of the molecule is CCOC(=O)c1c(-c2ccccc2)csc1NC(=O)[C@@H]1CCCN1S(=O)(=O)c1ccc(Cl)cc1. The fourth-order valence-corrected chi connectivity index (χ4v) is 6.66. The molecule has 0 saturated carbocycles. The van der Waals surface area contributed by atoms with Crippen molar-refractivity contribution in [1.29, 1.82) is 0 Å². The van der Waals surface area contributed by atoms with Crippen LogP contribution in [0.25, 0.3) is 11.1 Å². The van der Waals surface area contributed by atoms with E-state index >= 15 is 0 Å².